The third-order valence-corrected chi connectivity index (χ3v) is 6.26. The number of rotatable bonds is 4. The lowest BCUT2D eigenvalue weighted by molar-refractivity contribution is -0.130. The first kappa shape index (κ1) is 18.3. The maximum atomic E-state index is 11.6. The van der Waals surface area contributed by atoms with E-state index in [-0.39, 0.29) is 5.91 Å². The van der Waals surface area contributed by atoms with Crippen molar-refractivity contribution in [2.45, 2.75) is 39.2 Å². The smallest absolute Gasteiger partial charge is 0.219 e. The van der Waals surface area contributed by atoms with E-state index < -0.39 is 0 Å². The van der Waals surface area contributed by atoms with E-state index in [9.17, 15) is 4.79 Å². The van der Waals surface area contributed by atoms with Gasteiger partial charge in [-0.25, -0.2) is 4.98 Å². The van der Waals surface area contributed by atoms with Gasteiger partial charge in [0.25, 0.3) is 0 Å². The Morgan fingerprint density at radius 3 is 3.15 bits per heavy atom. The molecule has 0 saturated carbocycles. The zero-order chi connectivity index (χ0) is 19.0. The molecule has 7 heteroatoms. The lowest BCUT2D eigenvalue weighted by Crippen LogP contribution is -2.37. The van der Waals surface area contributed by atoms with Gasteiger partial charge in [0.1, 0.15) is 11.3 Å². The zero-order valence-corrected chi connectivity index (χ0v) is 17.0. The van der Waals surface area contributed by atoms with Crippen LogP contribution in [0.25, 0.3) is 11.0 Å². The van der Waals surface area contributed by atoms with Crippen LogP contribution in [0, 0.1) is 6.92 Å². The van der Waals surface area contributed by atoms with E-state index in [4.69, 9.17) is 21.0 Å². The molecule has 3 aromatic rings. The molecule has 27 heavy (non-hydrogen) atoms. The normalized spacial score (nSPS) is 17.4. The largest absolute Gasteiger partial charge is 0.459 e. The Morgan fingerprint density at radius 1 is 1.48 bits per heavy atom. The number of nitrogens with zero attached hydrogens (tertiary/aromatic N) is 2. The van der Waals surface area contributed by atoms with Gasteiger partial charge in [0.15, 0.2) is 5.13 Å². The van der Waals surface area contributed by atoms with Crippen molar-refractivity contribution < 1.29 is 9.21 Å². The fourth-order valence-electron chi connectivity index (χ4n) is 3.63. The molecular formula is C20H22ClN3O2S. The molecule has 1 atom stereocenters. The fraction of sp³-hybridized carbons (Fsp3) is 0.400. The number of likely N-dealkylation sites (tertiary alicyclic amines) is 1. The first-order valence-electron chi connectivity index (χ1n) is 9.13. The van der Waals surface area contributed by atoms with E-state index in [0.29, 0.717) is 17.5 Å². The molecular weight excluding hydrogens is 382 g/mol. The van der Waals surface area contributed by atoms with Crippen LogP contribution < -0.4 is 5.32 Å². The second kappa shape index (κ2) is 7.52. The first-order valence-corrected chi connectivity index (χ1v) is 10.4. The highest BCUT2D eigenvalue weighted by molar-refractivity contribution is 7.13. The average molecular weight is 404 g/mol. The molecule has 1 unspecified atom stereocenters. The van der Waals surface area contributed by atoms with E-state index >= 15 is 0 Å². The number of furan rings is 1. The van der Waals surface area contributed by atoms with Crippen LogP contribution in [0.1, 0.15) is 42.7 Å². The van der Waals surface area contributed by atoms with Gasteiger partial charge in [-0.3, -0.25) is 4.79 Å². The number of carbonyl (C=O) groups is 1. The topological polar surface area (TPSA) is 58.4 Å². The van der Waals surface area contributed by atoms with Crippen LogP contribution in [0.4, 0.5) is 5.13 Å². The molecule has 3 heterocycles. The Bertz CT molecular complexity index is 981. The number of anilines is 1. The van der Waals surface area contributed by atoms with Gasteiger partial charge in [-0.1, -0.05) is 11.6 Å². The Kier molecular flexibility index (Phi) is 5.10. The summed E-state index contributed by atoms with van der Waals surface area (Å²) < 4.78 is 5.95. The first-order chi connectivity index (χ1) is 13.0. The van der Waals surface area contributed by atoms with Gasteiger partial charge in [-0.15, -0.1) is 11.3 Å². The fourth-order valence-corrected chi connectivity index (χ4v) is 4.59. The van der Waals surface area contributed by atoms with Crippen molar-refractivity contribution in [1.29, 1.82) is 0 Å². The van der Waals surface area contributed by atoms with Crippen molar-refractivity contribution in [3.8, 4) is 0 Å². The molecule has 5 nitrogen and oxygen atoms in total. The van der Waals surface area contributed by atoms with E-state index in [2.05, 4.69) is 10.7 Å². The second-order valence-corrected chi connectivity index (χ2v) is 8.32. The summed E-state index contributed by atoms with van der Waals surface area (Å²) in [7, 11) is 0. The molecule has 0 spiro atoms. The van der Waals surface area contributed by atoms with Crippen molar-refractivity contribution >= 4 is 44.9 Å². The highest BCUT2D eigenvalue weighted by atomic mass is 35.5. The number of amides is 1. The number of aromatic nitrogens is 1. The Hall–Kier alpha value is -2.05. The van der Waals surface area contributed by atoms with Crippen LogP contribution in [0.2, 0.25) is 5.02 Å². The van der Waals surface area contributed by atoms with Gasteiger partial charge < -0.3 is 14.6 Å². The zero-order valence-electron chi connectivity index (χ0n) is 15.4. The minimum atomic E-state index is 0.147. The summed E-state index contributed by atoms with van der Waals surface area (Å²) in [6, 6.07) is 5.68. The van der Waals surface area contributed by atoms with Crippen molar-refractivity contribution in [1.82, 2.24) is 9.88 Å². The van der Waals surface area contributed by atoms with E-state index in [1.165, 1.54) is 0 Å². The number of nitrogens with one attached hydrogen (secondary N) is 1. The molecule has 4 rings (SSSR count). The highest BCUT2D eigenvalue weighted by Gasteiger charge is 2.24. The quantitative estimate of drug-likeness (QED) is 0.651. The minimum absolute atomic E-state index is 0.147. The number of hydrogen-bond donors (Lipinski definition) is 1. The van der Waals surface area contributed by atoms with Crippen LogP contribution in [-0.2, 0) is 11.3 Å². The maximum absolute atomic E-state index is 11.6. The molecule has 142 valence electrons. The Labute approximate surface area is 167 Å². The summed E-state index contributed by atoms with van der Waals surface area (Å²) in [5, 5.41) is 8.11. The molecule has 1 aliphatic rings. The van der Waals surface area contributed by atoms with E-state index in [1.54, 1.807) is 18.3 Å². The molecule has 0 bridgehead atoms. The van der Waals surface area contributed by atoms with Crippen LogP contribution in [0.15, 0.2) is 28.0 Å². The van der Waals surface area contributed by atoms with Crippen LogP contribution in [0.5, 0.6) is 0 Å². The lowest BCUT2D eigenvalue weighted by atomic mass is 9.95. The molecule has 1 aliphatic heterocycles. The van der Waals surface area contributed by atoms with Gasteiger partial charge in [-0.2, -0.15) is 0 Å². The number of halogens is 1. The van der Waals surface area contributed by atoms with Crippen LogP contribution in [-0.4, -0.2) is 28.9 Å². The van der Waals surface area contributed by atoms with Gasteiger partial charge >= 0.3 is 0 Å². The van der Waals surface area contributed by atoms with Crippen molar-refractivity contribution in [2.75, 3.05) is 18.4 Å². The molecule has 1 N–H and O–H groups in total. The molecule has 1 aromatic carbocycles. The number of aryl methyl sites for hydroxylation is 1. The summed E-state index contributed by atoms with van der Waals surface area (Å²) >= 11 is 7.69. The summed E-state index contributed by atoms with van der Waals surface area (Å²) in [4.78, 5) is 18.3. The molecule has 0 aliphatic carbocycles. The molecule has 1 fully saturated rings. The number of thiazole rings is 1. The predicted octanol–water partition coefficient (Wildman–Crippen LogP) is 5.19. The minimum Gasteiger partial charge on any atom is -0.459 e. The number of hydrogen-bond acceptors (Lipinski definition) is 5. The number of piperidine rings is 1. The van der Waals surface area contributed by atoms with E-state index in [0.717, 1.165) is 59.0 Å². The third-order valence-electron chi connectivity index (χ3n) is 5.20. The lowest BCUT2D eigenvalue weighted by Gasteiger charge is -2.31. The second-order valence-electron chi connectivity index (χ2n) is 7.03. The predicted molar refractivity (Wildman–Crippen MR) is 110 cm³/mol. The molecule has 2 aromatic heterocycles. The Morgan fingerprint density at radius 2 is 2.33 bits per heavy atom. The third kappa shape index (κ3) is 3.82. The monoisotopic (exact) mass is 403 g/mol. The number of fused-ring (bicyclic) bond motifs is 1. The van der Waals surface area contributed by atoms with Gasteiger partial charge in [0.2, 0.25) is 5.91 Å². The summed E-state index contributed by atoms with van der Waals surface area (Å²) in [5.74, 6) is 1.36. The standard InChI is InChI=1S/C20H22ClN3O2S/c1-12-16-8-15(21)5-6-18(16)26-19(12)9-22-20-23-17(11-27-20)14-4-3-7-24(10-14)13(2)25/h5-6,8,11,14H,3-4,7,9-10H2,1-2H3,(H,22,23). The van der Waals surface area contributed by atoms with Gasteiger partial charge in [0, 0.05) is 47.3 Å². The van der Waals surface area contributed by atoms with Crippen LogP contribution in [0.3, 0.4) is 0 Å². The SMILES string of the molecule is CC(=O)N1CCCC(c2csc(NCc3oc4ccc(Cl)cc4c3C)n2)C1. The van der Waals surface area contributed by atoms with Crippen molar-refractivity contribution in [3.05, 3.63) is 45.6 Å². The number of carbonyl (C=O) groups excluding carboxylic acids is 1. The average Bonchev–Trinajstić information content (AvgIpc) is 3.25. The molecule has 1 amide bonds. The molecule has 0 radical (unpaired) electrons. The Balaban J connectivity index is 1.44. The summed E-state index contributed by atoms with van der Waals surface area (Å²) in [6.45, 7) is 5.89. The molecule has 1 saturated heterocycles. The summed E-state index contributed by atoms with van der Waals surface area (Å²) in [5.41, 5.74) is 3.02. The van der Waals surface area contributed by atoms with Crippen molar-refractivity contribution in [3.63, 3.8) is 0 Å². The van der Waals surface area contributed by atoms with Gasteiger partial charge in [-0.05, 0) is 38.0 Å². The highest BCUT2D eigenvalue weighted by Crippen LogP contribution is 2.31. The summed E-state index contributed by atoms with van der Waals surface area (Å²) in [6.07, 6.45) is 2.11. The number of benzene rings is 1. The maximum Gasteiger partial charge on any atom is 0.219 e. The van der Waals surface area contributed by atoms with Crippen LogP contribution >= 0.6 is 22.9 Å². The van der Waals surface area contributed by atoms with Gasteiger partial charge in [0.05, 0.1) is 12.2 Å². The van der Waals surface area contributed by atoms with Crippen molar-refractivity contribution in [2.24, 2.45) is 0 Å². The van der Waals surface area contributed by atoms with E-state index in [1.807, 2.05) is 30.0 Å².